The molecule has 0 spiro atoms. The molecule has 0 amide bonds. The molecule has 0 aliphatic carbocycles. The lowest BCUT2D eigenvalue weighted by atomic mass is 10.0. The Bertz CT molecular complexity index is 880. The van der Waals surface area contributed by atoms with E-state index in [0.29, 0.717) is 5.02 Å². The Morgan fingerprint density at radius 1 is 1.00 bits per heavy atom. The molecular weight excluding hydrogens is 307 g/mol. The molecule has 1 aromatic heterocycles. The molecular formula is C16H14Cl2N2O. The van der Waals surface area contributed by atoms with Gasteiger partial charge < -0.3 is 0 Å². The summed E-state index contributed by atoms with van der Waals surface area (Å²) in [5, 5.41) is 0.290. The number of rotatable bonds is 2. The summed E-state index contributed by atoms with van der Waals surface area (Å²) in [4.78, 5) is 12.0. The van der Waals surface area contributed by atoms with Gasteiger partial charge in [0.1, 0.15) is 0 Å². The second-order valence-electron chi connectivity index (χ2n) is 5.03. The number of hydrogen-bond donors (Lipinski definition) is 0. The summed E-state index contributed by atoms with van der Waals surface area (Å²) in [6.07, 6.45) is 0. The third-order valence-corrected chi connectivity index (χ3v) is 4.60. The molecule has 108 valence electrons. The van der Waals surface area contributed by atoms with E-state index >= 15 is 0 Å². The van der Waals surface area contributed by atoms with Gasteiger partial charge in [0.25, 0.3) is 0 Å². The fourth-order valence-corrected chi connectivity index (χ4v) is 3.17. The molecule has 0 fully saturated rings. The SMILES string of the molecule is Cn1c(=O)n(C)c2cc(C(Cl)c3ccccc3Cl)ccc21. The van der Waals surface area contributed by atoms with Crippen molar-refractivity contribution in [1.29, 1.82) is 0 Å². The molecule has 0 aliphatic heterocycles. The number of hydrogen-bond acceptors (Lipinski definition) is 1. The summed E-state index contributed by atoms with van der Waals surface area (Å²) in [6.45, 7) is 0. The second-order valence-corrected chi connectivity index (χ2v) is 5.88. The Morgan fingerprint density at radius 2 is 1.67 bits per heavy atom. The van der Waals surface area contributed by atoms with E-state index in [1.165, 1.54) is 0 Å². The highest BCUT2D eigenvalue weighted by atomic mass is 35.5. The number of alkyl halides is 1. The Kier molecular flexibility index (Phi) is 3.56. The lowest BCUT2D eigenvalue weighted by molar-refractivity contribution is 0.795. The van der Waals surface area contributed by atoms with Crippen LogP contribution in [0.15, 0.2) is 47.3 Å². The summed E-state index contributed by atoms with van der Waals surface area (Å²) in [7, 11) is 3.52. The van der Waals surface area contributed by atoms with Gasteiger partial charge in [-0.25, -0.2) is 4.79 Å². The van der Waals surface area contributed by atoms with Crippen LogP contribution >= 0.6 is 23.2 Å². The van der Waals surface area contributed by atoms with Crippen molar-refractivity contribution in [3.8, 4) is 0 Å². The number of benzene rings is 2. The molecule has 5 heteroatoms. The van der Waals surface area contributed by atoms with Crippen LogP contribution in [0.1, 0.15) is 16.5 Å². The molecule has 3 aromatic rings. The zero-order valence-electron chi connectivity index (χ0n) is 11.7. The standard InChI is InChI=1S/C16H14Cl2N2O/c1-19-13-8-7-10(9-14(13)20(2)16(19)21)15(18)11-5-3-4-6-12(11)17/h3-9,15H,1-2H3. The van der Waals surface area contributed by atoms with Crippen LogP contribution in [0.5, 0.6) is 0 Å². The molecule has 0 aliphatic rings. The van der Waals surface area contributed by atoms with Gasteiger partial charge in [-0.15, -0.1) is 11.6 Å². The highest BCUT2D eigenvalue weighted by Crippen LogP contribution is 2.34. The van der Waals surface area contributed by atoms with Crippen molar-refractivity contribution in [1.82, 2.24) is 9.13 Å². The molecule has 0 radical (unpaired) electrons. The van der Waals surface area contributed by atoms with Crippen LogP contribution in [0.25, 0.3) is 11.0 Å². The number of aromatic nitrogens is 2. The Hall–Kier alpha value is -1.71. The van der Waals surface area contributed by atoms with Crippen molar-refractivity contribution < 1.29 is 0 Å². The summed E-state index contributed by atoms with van der Waals surface area (Å²) in [6, 6.07) is 13.3. The van der Waals surface area contributed by atoms with E-state index in [-0.39, 0.29) is 11.1 Å². The van der Waals surface area contributed by atoms with Crippen molar-refractivity contribution in [3.05, 3.63) is 69.1 Å². The lowest BCUT2D eigenvalue weighted by Crippen LogP contribution is -2.19. The number of halogens is 2. The van der Waals surface area contributed by atoms with E-state index in [2.05, 4.69) is 0 Å². The number of fused-ring (bicyclic) bond motifs is 1. The third kappa shape index (κ3) is 2.27. The summed E-state index contributed by atoms with van der Waals surface area (Å²) >= 11 is 12.8. The summed E-state index contributed by atoms with van der Waals surface area (Å²) in [5.74, 6) is 0. The molecule has 0 N–H and O–H groups in total. The maximum Gasteiger partial charge on any atom is 0.328 e. The first-order valence-corrected chi connectivity index (χ1v) is 7.36. The zero-order chi connectivity index (χ0) is 15.1. The molecule has 0 bridgehead atoms. The maximum absolute atomic E-state index is 12.0. The summed E-state index contributed by atoms with van der Waals surface area (Å²) in [5.41, 5.74) is 3.47. The van der Waals surface area contributed by atoms with Crippen LogP contribution in [0.4, 0.5) is 0 Å². The van der Waals surface area contributed by atoms with Crippen LogP contribution in [-0.4, -0.2) is 9.13 Å². The molecule has 2 aromatic carbocycles. The minimum atomic E-state index is -0.349. The van der Waals surface area contributed by atoms with Gasteiger partial charge in [0.15, 0.2) is 0 Å². The van der Waals surface area contributed by atoms with Crippen LogP contribution in [-0.2, 0) is 14.1 Å². The Morgan fingerprint density at radius 3 is 2.38 bits per heavy atom. The number of imidazole rings is 1. The van der Waals surface area contributed by atoms with E-state index in [4.69, 9.17) is 23.2 Å². The molecule has 1 heterocycles. The van der Waals surface area contributed by atoms with Gasteiger partial charge in [0.05, 0.1) is 16.4 Å². The van der Waals surface area contributed by atoms with Crippen molar-refractivity contribution in [2.24, 2.45) is 14.1 Å². The fourth-order valence-electron chi connectivity index (χ4n) is 2.54. The molecule has 0 saturated carbocycles. The van der Waals surface area contributed by atoms with Crippen molar-refractivity contribution in [2.75, 3.05) is 0 Å². The van der Waals surface area contributed by atoms with Crippen molar-refractivity contribution in [3.63, 3.8) is 0 Å². The lowest BCUT2D eigenvalue weighted by Gasteiger charge is -2.12. The smallest absolute Gasteiger partial charge is 0.295 e. The quantitative estimate of drug-likeness (QED) is 0.659. The highest BCUT2D eigenvalue weighted by Gasteiger charge is 2.16. The zero-order valence-corrected chi connectivity index (χ0v) is 13.2. The third-order valence-electron chi connectivity index (χ3n) is 3.77. The van der Waals surface area contributed by atoms with E-state index in [1.807, 2.05) is 42.5 Å². The molecule has 3 nitrogen and oxygen atoms in total. The topological polar surface area (TPSA) is 26.9 Å². The summed E-state index contributed by atoms with van der Waals surface area (Å²) < 4.78 is 3.24. The van der Waals surface area contributed by atoms with Gasteiger partial charge >= 0.3 is 5.69 Å². The minimum absolute atomic E-state index is 0.0500. The maximum atomic E-state index is 12.0. The highest BCUT2D eigenvalue weighted by molar-refractivity contribution is 6.33. The van der Waals surface area contributed by atoms with Crippen LogP contribution < -0.4 is 5.69 Å². The van der Waals surface area contributed by atoms with E-state index < -0.39 is 0 Å². The van der Waals surface area contributed by atoms with Gasteiger partial charge in [0.2, 0.25) is 0 Å². The van der Waals surface area contributed by atoms with E-state index in [1.54, 1.807) is 23.2 Å². The first kappa shape index (κ1) is 14.2. The molecule has 3 rings (SSSR count). The van der Waals surface area contributed by atoms with E-state index in [0.717, 1.165) is 22.2 Å². The first-order valence-electron chi connectivity index (χ1n) is 6.54. The predicted molar refractivity (Wildman–Crippen MR) is 87.3 cm³/mol. The van der Waals surface area contributed by atoms with Gasteiger partial charge in [0, 0.05) is 19.1 Å². The fraction of sp³-hybridized carbons (Fsp3) is 0.188. The number of nitrogens with zero attached hydrogens (tertiary/aromatic N) is 2. The monoisotopic (exact) mass is 320 g/mol. The average Bonchev–Trinajstić information content (AvgIpc) is 2.71. The van der Waals surface area contributed by atoms with Gasteiger partial charge in [-0.3, -0.25) is 9.13 Å². The Balaban J connectivity index is 2.16. The first-order chi connectivity index (χ1) is 10.0. The van der Waals surface area contributed by atoms with Crippen LogP contribution in [0, 0.1) is 0 Å². The normalized spacial score (nSPS) is 12.8. The van der Waals surface area contributed by atoms with E-state index in [9.17, 15) is 4.79 Å². The van der Waals surface area contributed by atoms with Gasteiger partial charge in [-0.2, -0.15) is 0 Å². The molecule has 0 saturated heterocycles. The van der Waals surface area contributed by atoms with Crippen LogP contribution in [0.2, 0.25) is 5.02 Å². The van der Waals surface area contributed by atoms with Gasteiger partial charge in [-0.1, -0.05) is 35.9 Å². The minimum Gasteiger partial charge on any atom is -0.295 e. The van der Waals surface area contributed by atoms with Crippen molar-refractivity contribution in [2.45, 2.75) is 5.38 Å². The molecule has 1 atom stereocenters. The average molecular weight is 321 g/mol. The largest absolute Gasteiger partial charge is 0.328 e. The van der Waals surface area contributed by atoms with Crippen molar-refractivity contribution >= 4 is 34.2 Å². The van der Waals surface area contributed by atoms with Crippen LogP contribution in [0.3, 0.4) is 0 Å². The Labute approximate surface area is 132 Å². The predicted octanol–water partition coefficient (Wildman–Crippen LogP) is 3.86. The molecule has 21 heavy (non-hydrogen) atoms. The number of aryl methyl sites for hydroxylation is 2. The second kappa shape index (κ2) is 5.24. The van der Waals surface area contributed by atoms with Gasteiger partial charge in [-0.05, 0) is 29.3 Å². The molecule has 1 unspecified atom stereocenters.